The summed E-state index contributed by atoms with van der Waals surface area (Å²) in [5, 5.41) is 3.05. The first-order valence-electron chi connectivity index (χ1n) is 8.91. The molecule has 3 heterocycles. The van der Waals surface area contributed by atoms with Gasteiger partial charge in [-0.15, -0.1) is 0 Å². The summed E-state index contributed by atoms with van der Waals surface area (Å²) >= 11 is 0. The number of hydrogen-bond donors (Lipinski definition) is 1. The van der Waals surface area contributed by atoms with Gasteiger partial charge in [-0.3, -0.25) is 0 Å². The molecule has 0 radical (unpaired) electrons. The Bertz CT molecular complexity index is 638. The van der Waals surface area contributed by atoms with E-state index in [2.05, 4.69) is 5.32 Å². The van der Waals surface area contributed by atoms with Crippen molar-refractivity contribution in [2.24, 2.45) is 0 Å². The Labute approximate surface area is 146 Å². The lowest BCUT2D eigenvalue weighted by atomic mass is 10.0. The van der Waals surface area contributed by atoms with Crippen molar-refractivity contribution in [3.8, 4) is 5.75 Å². The van der Waals surface area contributed by atoms with Crippen LogP contribution in [0.25, 0.3) is 0 Å². The molecule has 2 saturated heterocycles. The molecule has 1 spiro atoms. The molecule has 1 atom stereocenters. The highest BCUT2D eigenvalue weighted by atomic mass is 19.1. The normalized spacial score (nSPS) is 25.2. The van der Waals surface area contributed by atoms with Crippen LogP contribution in [0.5, 0.6) is 5.75 Å². The number of urea groups is 1. The second-order valence-electron chi connectivity index (χ2n) is 6.77. The third-order valence-electron chi connectivity index (χ3n) is 5.17. The molecule has 2 fully saturated rings. The maximum atomic E-state index is 13.7. The molecule has 0 saturated carbocycles. The van der Waals surface area contributed by atoms with Crippen LogP contribution in [0.1, 0.15) is 37.3 Å². The summed E-state index contributed by atoms with van der Waals surface area (Å²) in [6.45, 7) is 3.00. The monoisotopic (exact) mass is 350 g/mol. The lowest BCUT2D eigenvalue weighted by Gasteiger charge is -2.38. The van der Waals surface area contributed by atoms with Gasteiger partial charge in [-0.05, 0) is 31.0 Å². The molecule has 0 aromatic heterocycles. The SMILES string of the molecule is O=C(NC1CCCOc2ccc(F)cc21)N1CCC2(CC1)OCCO2. The molecule has 1 aromatic rings. The van der Waals surface area contributed by atoms with Crippen LogP contribution >= 0.6 is 0 Å². The van der Waals surface area contributed by atoms with Gasteiger partial charge in [0.25, 0.3) is 0 Å². The first-order valence-corrected chi connectivity index (χ1v) is 8.91. The molecule has 1 N–H and O–H groups in total. The fourth-order valence-electron chi connectivity index (χ4n) is 3.77. The van der Waals surface area contributed by atoms with Crippen molar-refractivity contribution < 1.29 is 23.4 Å². The number of halogens is 1. The quantitative estimate of drug-likeness (QED) is 0.846. The summed E-state index contributed by atoms with van der Waals surface area (Å²) in [7, 11) is 0. The minimum Gasteiger partial charge on any atom is -0.493 e. The lowest BCUT2D eigenvalue weighted by Crippen LogP contribution is -2.50. The number of piperidine rings is 1. The molecule has 136 valence electrons. The molecular formula is C18H23FN2O4. The minimum atomic E-state index is -0.497. The number of nitrogens with zero attached hydrogens (tertiary/aromatic N) is 1. The predicted octanol–water partition coefficient (Wildman–Crippen LogP) is 2.59. The van der Waals surface area contributed by atoms with Gasteiger partial charge in [-0.2, -0.15) is 0 Å². The van der Waals surface area contributed by atoms with Crippen LogP contribution in [0, 0.1) is 5.82 Å². The molecule has 2 amide bonds. The molecule has 7 heteroatoms. The first kappa shape index (κ1) is 16.6. The lowest BCUT2D eigenvalue weighted by molar-refractivity contribution is -0.181. The van der Waals surface area contributed by atoms with Gasteiger partial charge in [-0.25, -0.2) is 9.18 Å². The van der Waals surface area contributed by atoms with E-state index in [9.17, 15) is 9.18 Å². The second kappa shape index (κ2) is 6.80. The van der Waals surface area contributed by atoms with E-state index >= 15 is 0 Å². The summed E-state index contributed by atoms with van der Waals surface area (Å²) < 4.78 is 30.7. The van der Waals surface area contributed by atoms with Crippen molar-refractivity contribution in [2.75, 3.05) is 32.9 Å². The maximum Gasteiger partial charge on any atom is 0.317 e. The van der Waals surface area contributed by atoms with E-state index in [-0.39, 0.29) is 17.9 Å². The highest BCUT2D eigenvalue weighted by molar-refractivity contribution is 5.75. The highest BCUT2D eigenvalue weighted by Crippen LogP contribution is 2.34. The summed E-state index contributed by atoms with van der Waals surface area (Å²) in [5.74, 6) is -0.170. The van der Waals surface area contributed by atoms with Gasteiger partial charge in [0.2, 0.25) is 0 Å². The number of hydrogen-bond acceptors (Lipinski definition) is 4. The van der Waals surface area contributed by atoms with Crippen LogP contribution in [0.3, 0.4) is 0 Å². The number of amides is 2. The van der Waals surface area contributed by atoms with E-state index in [1.54, 1.807) is 11.0 Å². The van der Waals surface area contributed by atoms with Crippen LogP contribution < -0.4 is 10.1 Å². The average molecular weight is 350 g/mol. The standard InChI is InChI=1S/C18H23FN2O4/c19-13-3-4-16-14(12-13)15(2-1-9-23-16)20-17(22)21-7-5-18(6-8-21)24-10-11-25-18/h3-4,12,15H,1-2,5-11H2,(H,20,22). The fraction of sp³-hybridized carbons (Fsp3) is 0.611. The summed E-state index contributed by atoms with van der Waals surface area (Å²) in [6, 6.07) is 4.10. The molecule has 1 unspecified atom stereocenters. The molecule has 3 aliphatic rings. The van der Waals surface area contributed by atoms with Crippen molar-refractivity contribution in [1.82, 2.24) is 10.2 Å². The summed E-state index contributed by atoms with van der Waals surface area (Å²) in [6.07, 6.45) is 2.90. The molecule has 6 nitrogen and oxygen atoms in total. The van der Waals surface area contributed by atoms with E-state index < -0.39 is 5.79 Å². The number of likely N-dealkylation sites (tertiary alicyclic amines) is 1. The van der Waals surface area contributed by atoms with Gasteiger partial charge in [0.1, 0.15) is 11.6 Å². The third-order valence-corrected chi connectivity index (χ3v) is 5.17. The number of carbonyl (C=O) groups excluding carboxylic acids is 1. The van der Waals surface area contributed by atoms with E-state index in [1.165, 1.54) is 12.1 Å². The number of carbonyl (C=O) groups is 1. The van der Waals surface area contributed by atoms with Gasteiger partial charge < -0.3 is 24.4 Å². The first-order chi connectivity index (χ1) is 12.2. The fourth-order valence-corrected chi connectivity index (χ4v) is 3.77. The molecule has 25 heavy (non-hydrogen) atoms. The Morgan fingerprint density at radius 3 is 2.72 bits per heavy atom. The Kier molecular flexibility index (Phi) is 4.52. The third kappa shape index (κ3) is 3.43. The summed E-state index contributed by atoms with van der Waals surface area (Å²) in [5.41, 5.74) is 0.710. The van der Waals surface area contributed by atoms with Gasteiger partial charge in [0.05, 0.1) is 25.9 Å². The van der Waals surface area contributed by atoms with Crippen LogP contribution in [0.2, 0.25) is 0 Å². The van der Waals surface area contributed by atoms with E-state index in [0.29, 0.717) is 57.1 Å². The van der Waals surface area contributed by atoms with Crippen LogP contribution in [0.15, 0.2) is 18.2 Å². The highest BCUT2D eigenvalue weighted by Gasteiger charge is 2.41. The molecule has 1 aromatic carbocycles. The number of rotatable bonds is 1. The van der Waals surface area contributed by atoms with Crippen molar-refractivity contribution in [3.63, 3.8) is 0 Å². The molecule has 0 bridgehead atoms. The molecular weight excluding hydrogens is 327 g/mol. The van der Waals surface area contributed by atoms with E-state index in [1.807, 2.05) is 0 Å². The minimum absolute atomic E-state index is 0.130. The second-order valence-corrected chi connectivity index (χ2v) is 6.77. The van der Waals surface area contributed by atoms with E-state index in [0.717, 1.165) is 12.8 Å². The van der Waals surface area contributed by atoms with Gasteiger partial charge in [-0.1, -0.05) is 0 Å². The smallest absolute Gasteiger partial charge is 0.317 e. The Balaban J connectivity index is 1.42. The van der Waals surface area contributed by atoms with Gasteiger partial charge in [0.15, 0.2) is 5.79 Å². The molecule has 0 aliphatic carbocycles. The van der Waals surface area contributed by atoms with Gasteiger partial charge in [0, 0.05) is 31.5 Å². The zero-order valence-corrected chi connectivity index (χ0v) is 14.1. The van der Waals surface area contributed by atoms with Crippen molar-refractivity contribution >= 4 is 6.03 Å². The Morgan fingerprint density at radius 1 is 1.20 bits per heavy atom. The zero-order valence-electron chi connectivity index (χ0n) is 14.1. The molecule has 3 aliphatic heterocycles. The van der Waals surface area contributed by atoms with Crippen molar-refractivity contribution in [1.29, 1.82) is 0 Å². The largest absolute Gasteiger partial charge is 0.493 e. The number of benzene rings is 1. The predicted molar refractivity (Wildman–Crippen MR) is 87.8 cm³/mol. The topological polar surface area (TPSA) is 60.0 Å². The maximum absolute atomic E-state index is 13.7. The summed E-state index contributed by atoms with van der Waals surface area (Å²) in [4.78, 5) is 14.5. The van der Waals surface area contributed by atoms with Gasteiger partial charge >= 0.3 is 6.03 Å². The van der Waals surface area contributed by atoms with Crippen LogP contribution in [-0.4, -0.2) is 49.6 Å². The average Bonchev–Trinajstić information content (AvgIpc) is 2.97. The Hall–Kier alpha value is -1.86. The van der Waals surface area contributed by atoms with E-state index in [4.69, 9.17) is 14.2 Å². The number of ether oxygens (including phenoxy) is 3. The number of nitrogens with one attached hydrogen (secondary N) is 1. The van der Waals surface area contributed by atoms with Crippen molar-refractivity contribution in [2.45, 2.75) is 37.5 Å². The van der Waals surface area contributed by atoms with Crippen LogP contribution in [0.4, 0.5) is 9.18 Å². The van der Waals surface area contributed by atoms with Crippen molar-refractivity contribution in [3.05, 3.63) is 29.6 Å². The van der Waals surface area contributed by atoms with Crippen LogP contribution in [-0.2, 0) is 9.47 Å². The number of fused-ring (bicyclic) bond motifs is 1. The Morgan fingerprint density at radius 2 is 1.96 bits per heavy atom. The zero-order chi connectivity index (χ0) is 17.3. The molecule has 4 rings (SSSR count).